The van der Waals surface area contributed by atoms with Crippen LogP contribution in [0, 0.1) is 11.5 Å². The Hall–Kier alpha value is -2.23. The van der Waals surface area contributed by atoms with Gasteiger partial charge in [-0.05, 0) is 56.8 Å². The van der Waals surface area contributed by atoms with E-state index >= 15 is 0 Å². The first-order chi connectivity index (χ1) is 15.8. The Morgan fingerprint density at radius 2 is 2.00 bits per heavy atom. The predicted molar refractivity (Wildman–Crippen MR) is 140 cm³/mol. The summed E-state index contributed by atoms with van der Waals surface area (Å²) >= 11 is 0. The highest BCUT2D eigenvalue weighted by Crippen LogP contribution is 2.44. The van der Waals surface area contributed by atoms with E-state index in [2.05, 4.69) is 71.4 Å². The lowest BCUT2D eigenvalue weighted by Crippen LogP contribution is -2.57. The lowest BCUT2D eigenvalue weighted by atomic mass is 9.73. The van der Waals surface area contributed by atoms with E-state index in [4.69, 9.17) is 0 Å². The number of H-pyrrole nitrogens is 1. The summed E-state index contributed by atoms with van der Waals surface area (Å²) in [6, 6.07) is 7.39. The zero-order valence-corrected chi connectivity index (χ0v) is 22.2. The maximum atomic E-state index is 12.8. The Labute approximate surface area is 200 Å². The van der Waals surface area contributed by atoms with Gasteiger partial charge in [-0.15, -0.1) is 5.54 Å². The second-order valence-corrected chi connectivity index (χ2v) is 15.4. The number of amides is 2. The van der Waals surface area contributed by atoms with Crippen molar-refractivity contribution in [3.8, 4) is 11.5 Å². The average molecular weight is 465 g/mol. The molecule has 2 heterocycles. The molecule has 33 heavy (non-hydrogen) atoms. The highest BCUT2D eigenvalue weighted by molar-refractivity contribution is 6.83. The quantitative estimate of drug-likeness (QED) is 0.486. The molecule has 0 spiro atoms. The first-order valence-electron chi connectivity index (χ1n) is 12.7. The van der Waals surface area contributed by atoms with Crippen molar-refractivity contribution in [2.75, 3.05) is 26.2 Å². The third kappa shape index (κ3) is 4.85. The fourth-order valence-electron chi connectivity index (χ4n) is 5.67. The monoisotopic (exact) mass is 464 g/mol. The smallest absolute Gasteiger partial charge is 0.317 e. The van der Waals surface area contributed by atoms with Crippen molar-refractivity contribution in [1.29, 1.82) is 0 Å². The maximum Gasteiger partial charge on any atom is 0.317 e. The van der Waals surface area contributed by atoms with Crippen molar-refractivity contribution in [3.05, 3.63) is 35.0 Å². The van der Waals surface area contributed by atoms with Crippen molar-refractivity contribution in [2.45, 2.75) is 77.7 Å². The number of fused-ring (bicyclic) bond motifs is 2. The van der Waals surface area contributed by atoms with E-state index < -0.39 is 8.07 Å². The van der Waals surface area contributed by atoms with Crippen LogP contribution < -0.4 is 5.32 Å². The minimum absolute atomic E-state index is 0.0696. The summed E-state index contributed by atoms with van der Waals surface area (Å²) in [5.74, 6) is 3.96. The number of hydrogen-bond acceptors (Lipinski definition) is 2. The van der Waals surface area contributed by atoms with Gasteiger partial charge in [-0.25, -0.2) is 4.79 Å². The van der Waals surface area contributed by atoms with Crippen LogP contribution in [-0.2, 0) is 6.42 Å². The number of rotatable bonds is 5. The summed E-state index contributed by atoms with van der Waals surface area (Å²) in [4.78, 5) is 21.0. The van der Waals surface area contributed by atoms with Crippen LogP contribution in [0.25, 0.3) is 10.9 Å². The number of carbonyl (C=O) groups excluding carboxylic acids is 1. The lowest BCUT2D eigenvalue weighted by Gasteiger charge is -2.47. The standard InChI is InChI=1S/C27H40N4OSi/c1-7-14-31-18-19(28-27(32)30(8-2)9-3)16-21-20-11-10-12-24-26(20)22(17-25(21)31)23(29-24)13-15-33(4,5)6/h10-12,19,21,25,29H,7-9,14,16-18H2,1-6H3,(H,28,32)/t19-,21?,25+/m0/s1. The molecule has 1 aromatic carbocycles. The molecule has 1 aliphatic heterocycles. The van der Waals surface area contributed by atoms with Gasteiger partial charge >= 0.3 is 6.03 Å². The Balaban J connectivity index is 1.71. The van der Waals surface area contributed by atoms with E-state index in [-0.39, 0.29) is 12.1 Å². The van der Waals surface area contributed by atoms with Crippen LogP contribution in [0.15, 0.2) is 18.2 Å². The molecule has 5 nitrogen and oxygen atoms in total. The van der Waals surface area contributed by atoms with Crippen molar-refractivity contribution < 1.29 is 4.79 Å². The third-order valence-electron chi connectivity index (χ3n) is 7.15. The maximum absolute atomic E-state index is 12.8. The van der Waals surface area contributed by atoms with E-state index in [1.165, 1.54) is 22.0 Å². The second kappa shape index (κ2) is 9.56. The molecule has 2 aliphatic rings. The average Bonchev–Trinajstić information content (AvgIpc) is 3.12. The van der Waals surface area contributed by atoms with Crippen molar-refractivity contribution in [2.24, 2.45) is 0 Å². The number of likely N-dealkylation sites (tertiary alicyclic amines) is 1. The number of aromatic nitrogens is 1. The van der Waals surface area contributed by atoms with Gasteiger partial charge in [0.15, 0.2) is 0 Å². The fourth-order valence-corrected chi connectivity index (χ4v) is 6.17. The van der Waals surface area contributed by atoms with Gasteiger partial charge in [-0.3, -0.25) is 4.90 Å². The summed E-state index contributed by atoms with van der Waals surface area (Å²) in [6.07, 6.45) is 3.15. The molecule has 0 bridgehead atoms. The zero-order valence-electron chi connectivity index (χ0n) is 21.2. The van der Waals surface area contributed by atoms with Crippen molar-refractivity contribution in [1.82, 2.24) is 20.1 Å². The largest absolute Gasteiger partial charge is 0.348 e. The van der Waals surface area contributed by atoms with Crippen LogP contribution in [0.1, 0.15) is 56.4 Å². The molecule has 4 rings (SSSR count). The molecule has 178 valence electrons. The summed E-state index contributed by atoms with van der Waals surface area (Å²) < 4.78 is 0. The van der Waals surface area contributed by atoms with E-state index in [1.807, 2.05) is 18.7 Å². The number of nitrogens with one attached hydrogen (secondary N) is 2. The molecule has 0 saturated carbocycles. The van der Waals surface area contributed by atoms with Gasteiger partial charge in [-0.2, -0.15) is 0 Å². The molecule has 1 aliphatic carbocycles. The molecule has 1 aromatic heterocycles. The number of hydrogen-bond donors (Lipinski definition) is 2. The van der Waals surface area contributed by atoms with E-state index in [0.717, 1.165) is 51.1 Å². The molecule has 3 atom stereocenters. The molecule has 1 saturated heterocycles. The molecule has 2 amide bonds. The Kier molecular flexibility index (Phi) is 6.92. The minimum Gasteiger partial charge on any atom is -0.348 e. The molecule has 2 aromatic rings. The van der Waals surface area contributed by atoms with E-state index in [9.17, 15) is 4.79 Å². The molecular formula is C27H40N4OSi. The van der Waals surface area contributed by atoms with E-state index in [1.54, 1.807) is 0 Å². The lowest BCUT2D eigenvalue weighted by molar-refractivity contribution is 0.0979. The number of benzene rings is 1. The summed E-state index contributed by atoms with van der Waals surface area (Å²) in [5, 5.41) is 4.74. The number of nitrogens with zero attached hydrogens (tertiary/aromatic N) is 2. The molecule has 6 heteroatoms. The van der Waals surface area contributed by atoms with Crippen LogP contribution in [0.4, 0.5) is 4.79 Å². The van der Waals surface area contributed by atoms with Gasteiger partial charge in [0.1, 0.15) is 8.07 Å². The van der Waals surface area contributed by atoms with Crippen LogP contribution in [0.5, 0.6) is 0 Å². The zero-order chi connectivity index (χ0) is 23.8. The Bertz CT molecular complexity index is 1070. The number of urea groups is 1. The van der Waals surface area contributed by atoms with Crippen LogP contribution >= 0.6 is 0 Å². The van der Waals surface area contributed by atoms with Gasteiger partial charge in [0, 0.05) is 48.5 Å². The van der Waals surface area contributed by atoms with Crippen molar-refractivity contribution >= 4 is 25.0 Å². The fraction of sp³-hybridized carbons (Fsp3) is 0.593. The second-order valence-electron chi connectivity index (χ2n) is 10.7. The number of carbonyl (C=O) groups is 1. The van der Waals surface area contributed by atoms with E-state index in [0.29, 0.717) is 12.0 Å². The first-order valence-corrected chi connectivity index (χ1v) is 16.2. The van der Waals surface area contributed by atoms with Gasteiger partial charge in [0.2, 0.25) is 0 Å². The van der Waals surface area contributed by atoms with Crippen LogP contribution in [0.3, 0.4) is 0 Å². The SMILES string of the molecule is CCCN1C[C@@H](NC(=O)N(CC)CC)CC2c3cccc4[nH]c(C#C[Si](C)(C)C)c(c34)C[C@H]21. The van der Waals surface area contributed by atoms with Gasteiger partial charge in [0.25, 0.3) is 0 Å². The molecular weight excluding hydrogens is 424 g/mol. The summed E-state index contributed by atoms with van der Waals surface area (Å²) in [6.45, 7) is 16.7. The van der Waals surface area contributed by atoms with Gasteiger partial charge in [0.05, 0.1) is 5.69 Å². The molecule has 1 unspecified atom stereocenters. The Morgan fingerprint density at radius 1 is 1.24 bits per heavy atom. The molecule has 1 fully saturated rings. The van der Waals surface area contributed by atoms with Crippen LogP contribution in [-0.4, -0.2) is 67.2 Å². The molecule has 0 radical (unpaired) electrons. The summed E-state index contributed by atoms with van der Waals surface area (Å²) in [5.41, 5.74) is 8.72. The highest BCUT2D eigenvalue weighted by Gasteiger charge is 2.41. The van der Waals surface area contributed by atoms with Crippen molar-refractivity contribution in [3.63, 3.8) is 0 Å². The summed E-state index contributed by atoms with van der Waals surface area (Å²) in [7, 11) is -1.46. The Morgan fingerprint density at radius 3 is 2.67 bits per heavy atom. The first kappa shape index (κ1) is 23.9. The topological polar surface area (TPSA) is 51.4 Å². The molecule has 2 N–H and O–H groups in total. The van der Waals surface area contributed by atoms with Crippen LogP contribution in [0.2, 0.25) is 19.6 Å². The normalized spacial score (nSPS) is 22.4. The minimum atomic E-state index is -1.46. The highest BCUT2D eigenvalue weighted by atomic mass is 28.3. The number of piperidine rings is 1. The van der Waals surface area contributed by atoms with Gasteiger partial charge < -0.3 is 15.2 Å². The van der Waals surface area contributed by atoms with Gasteiger partial charge in [-0.1, -0.05) is 44.6 Å². The predicted octanol–water partition coefficient (Wildman–Crippen LogP) is 4.94. The number of aromatic amines is 1. The third-order valence-corrected chi connectivity index (χ3v) is 8.03.